The van der Waals surface area contributed by atoms with Crippen molar-refractivity contribution in [2.75, 3.05) is 174 Å². The summed E-state index contributed by atoms with van der Waals surface area (Å²) in [5, 5.41) is 4.83. The van der Waals surface area contributed by atoms with Crippen LogP contribution in [-0.4, -0.2) is 268 Å². The maximum absolute atomic E-state index is 14.6. The zero-order chi connectivity index (χ0) is 99.5. The quantitative estimate of drug-likeness (QED) is 0.0372. The molecule has 21 rings (SSSR count). The van der Waals surface area contributed by atoms with Crippen molar-refractivity contribution in [2.24, 2.45) is 11.8 Å². The van der Waals surface area contributed by atoms with Gasteiger partial charge in [0, 0.05) is 154 Å². The Hall–Kier alpha value is -12.0. The molecule has 0 saturated carbocycles. The van der Waals surface area contributed by atoms with Gasteiger partial charge in [-0.2, -0.15) is 29.9 Å². The van der Waals surface area contributed by atoms with Crippen molar-refractivity contribution in [1.82, 2.24) is 59.3 Å². The third-order valence-corrected chi connectivity index (χ3v) is 32.7. The zero-order valence-electron chi connectivity index (χ0n) is 80.4. The summed E-state index contributed by atoms with van der Waals surface area (Å²) in [6.45, 7) is 53.1. The highest BCUT2D eigenvalue weighted by Crippen LogP contribution is 2.50. The van der Waals surface area contributed by atoms with E-state index in [-0.39, 0.29) is 71.0 Å². The van der Waals surface area contributed by atoms with E-state index in [0.717, 1.165) is 157 Å². The molecule has 142 heavy (non-hydrogen) atoms. The first-order valence-electron chi connectivity index (χ1n) is 49.4. The number of piperazine rings is 3. The van der Waals surface area contributed by atoms with Crippen LogP contribution in [0, 0.1) is 49.0 Å². The SMILES string of the molecule is [C-]#[N+]C[C@H]1CN(c2nc(OCC34CC(C)CN3CC(C)C4)nc3c2CCN(c2cccc4ccc(F)c(Cl)c24)C3)CCN1C(=O)C(=C)F.[C-]#[N+]C[C@H]1CN(c2nc(OCC34CCCN3C(C)CC4)nc3c2CCN(c2cccc4ccc(F)c(Cl)c24)C3)CCN1C(=O)C(=C)F.[C-]#[N+]C[C@H]1CN(c2nc(OCC34CCCN3C(C)CC4)nc3c2CCN(c2cccc4ccc(F)c(Cl)c24)C3)CCN1C(=O)C(=C)F. The van der Waals surface area contributed by atoms with Crippen LogP contribution in [0.2, 0.25) is 15.1 Å². The van der Waals surface area contributed by atoms with Crippen molar-refractivity contribution in [2.45, 2.75) is 178 Å². The summed E-state index contributed by atoms with van der Waals surface area (Å²) in [6.07, 6.45) is 12.8. The van der Waals surface area contributed by atoms with Crippen LogP contribution in [0.15, 0.2) is 128 Å². The van der Waals surface area contributed by atoms with Crippen molar-refractivity contribution in [3.05, 3.63) is 229 Å². The predicted molar refractivity (Wildman–Crippen MR) is 538 cm³/mol. The number of halogens is 9. The number of carbonyl (C=O) groups is 3. The highest BCUT2D eigenvalue weighted by atomic mass is 35.5. The Morgan fingerprint density at radius 3 is 1.04 bits per heavy atom. The molecule has 0 aliphatic carbocycles. The van der Waals surface area contributed by atoms with Gasteiger partial charge in [-0.1, -0.05) is 123 Å². The van der Waals surface area contributed by atoms with Gasteiger partial charge in [0.25, 0.3) is 17.7 Å². The van der Waals surface area contributed by atoms with E-state index >= 15 is 0 Å². The number of ether oxygens (including phenoxy) is 3. The topological polar surface area (TPSA) is 208 Å². The van der Waals surface area contributed by atoms with Crippen LogP contribution in [-0.2, 0) is 53.3 Å². The predicted octanol–water partition coefficient (Wildman–Crippen LogP) is 17.5. The van der Waals surface area contributed by atoms with Crippen molar-refractivity contribution < 1.29 is 54.9 Å². The molecule has 0 radical (unpaired) electrons. The fourth-order valence-electron chi connectivity index (χ4n) is 25.0. The number of fused-ring (bicyclic) bond motifs is 9. The lowest BCUT2D eigenvalue weighted by Gasteiger charge is -2.41. The van der Waals surface area contributed by atoms with Gasteiger partial charge < -0.3 is 72.8 Å². The number of carbonyl (C=O) groups excluding carboxylic acids is 3. The molecule has 0 spiro atoms. The Labute approximate surface area is 838 Å². The zero-order valence-corrected chi connectivity index (χ0v) is 82.7. The number of anilines is 6. The van der Waals surface area contributed by atoms with Gasteiger partial charge in [0.05, 0.1) is 68.4 Å². The molecule has 9 atom stereocenters. The number of rotatable bonds is 21. The standard InChI is InChI=1S/C36H40ClF2N7O2.2C35H38ClF2N7O2/c1-22-14-36(15-23(2)18-45(36)17-22)21-48-35-41-29-20-43(30-7-5-6-25-8-9-28(39)32(37)31(25)30)11-10-27(29)33(42-35)44-12-13-46(34(47)24(3)38)26(19-44)16-40-4;2*1-22-10-13-35(12-5-14-45(22)35)21-47-34-40-28-20-42(29-7-4-6-24-8-9-27(38)31(36)30(24)29)15-11-26(28)32(41-34)43-16-17-44(33(46)23(2)37)25(19-43)18-39-3/h5-9,22-23,26H,3,10-21H2,1-2H3;2*4,6-9,22,25H,2,5,10-21H2,1H3/t22?,23?,26-,36?;2*22?,25-,35?/m000/s1. The van der Waals surface area contributed by atoms with Crippen LogP contribution in [0.4, 0.5) is 60.9 Å². The fourth-order valence-corrected chi connectivity index (χ4v) is 25.8. The molecular weight excluding hydrogens is 1880 g/mol. The molecule has 3 aromatic heterocycles. The summed E-state index contributed by atoms with van der Waals surface area (Å²) in [5.74, 6) is -3.49. The number of benzene rings is 6. The number of hydrogen-bond donors (Lipinski definition) is 0. The van der Waals surface area contributed by atoms with Gasteiger partial charge in [-0.15, -0.1) is 0 Å². The van der Waals surface area contributed by atoms with Crippen LogP contribution in [0.1, 0.15) is 126 Å². The average molecular weight is 2000 g/mol. The van der Waals surface area contributed by atoms with Crippen molar-refractivity contribution in [1.29, 1.82) is 0 Å². The van der Waals surface area contributed by atoms with E-state index in [9.17, 15) is 40.7 Å². The maximum atomic E-state index is 14.6. The van der Waals surface area contributed by atoms with E-state index in [1.54, 1.807) is 18.2 Å². The second-order valence-electron chi connectivity index (χ2n) is 40.5. The van der Waals surface area contributed by atoms with Crippen molar-refractivity contribution in [3.63, 3.8) is 0 Å². The molecule has 9 aromatic rings. The molecule has 0 N–H and O–H groups in total. The largest absolute Gasteiger partial charge is 0.461 e. The van der Waals surface area contributed by atoms with Gasteiger partial charge in [0.2, 0.25) is 19.6 Å². The van der Waals surface area contributed by atoms with E-state index in [1.165, 1.54) is 32.9 Å². The van der Waals surface area contributed by atoms with Gasteiger partial charge >= 0.3 is 18.0 Å². The van der Waals surface area contributed by atoms with Gasteiger partial charge in [-0.05, 0) is 175 Å². The number of amides is 3. The summed E-state index contributed by atoms with van der Waals surface area (Å²) in [7, 11) is 0. The Morgan fingerprint density at radius 2 is 0.725 bits per heavy atom. The Bertz CT molecular complexity index is 6340. The summed E-state index contributed by atoms with van der Waals surface area (Å²) in [4.78, 5) is 103. The summed E-state index contributed by atoms with van der Waals surface area (Å²) >= 11 is 19.6. The molecule has 744 valence electrons. The van der Waals surface area contributed by atoms with Crippen LogP contribution in [0.25, 0.3) is 46.9 Å². The summed E-state index contributed by atoms with van der Waals surface area (Å²) < 4.78 is 105. The molecule has 36 heteroatoms. The third kappa shape index (κ3) is 19.2. The Balaban J connectivity index is 0.000000135. The minimum Gasteiger partial charge on any atom is -0.461 e. The average Bonchev–Trinajstić information content (AvgIpc) is 1.36. The van der Waals surface area contributed by atoms with E-state index in [1.807, 2.05) is 54.6 Å². The second kappa shape index (κ2) is 41.0. The molecule has 27 nitrogen and oxygen atoms in total. The molecule has 9 fully saturated rings. The number of aromatic nitrogens is 6. The lowest BCUT2D eigenvalue weighted by Crippen LogP contribution is -2.57. The Morgan fingerprint density at radius 1 is 0.408 bits per heavy atom. The second-order valence-corrected chi connectivity index (χ2v) is 41.6. The lowest BCUT2D eigenvalue weighted by molar-refractivity contribution is -0.131. The minimum atomic E-state index is -1.03. The van der Waals surface area contributed by atoms with E-state index in [0.29, 0.717) is 193 Å². The Kier molecular flexibility index (Phi) is 28.5. The normalized spacial score (nSPS) is 24.7. The fraction of sp³-hybridized carbons (Fsp3) is 0.491. The van der Waals surface area contributed by atoms with Crippen LogP contribution in [0.3, 0.4) is 0 Å². The molecule has 3 amide bonds. The molecule has 6 aromatic carbocycles. The first-order chi connectivity index (χ1) is 68.4. The highest BCUT2D eigenvalue weighted by molar-refractivity contribution is 6.38. The first kappa shape index (κ1) is 98.7. The highest BCUT2D eigenvalue weighted by Gasteiger charge is 2.53. The molecule has 12 aliphatic heterocycles. The van der Waals surface area contributed by atoms with E-state index < -0.39 is 70.8 Å². The summed E-state index contributed by atoms with van der Waals surface area (Å²) in [5.41, 5.74) is 7.73. The molecular formula is C106H116Cl3F6N21O6. The minimum absolute atomic E-state index is 0.0177. The molecule has 9 saturated heterocycles. The van der Waals surface area contributed by atoms with E-state index in [2.05, 4.69) is 106 Å². The van der Waals surface area contributed by atoms with Gasteiger partial charge in [-0.3, -0.25) is 29.1 Å². The van der Waals surface area contributed by atoms with Gasteiger partial charge in [0.1, 0.15) is 72.9 Å². The molecule has 15 heterocycles. The lowest BCUT2D eigenvalue weighted by atomic mass is 9.88. The van der Waals surface area contributed by atoms with Gasteiger partial charge in [0.15, 0.2) is 17.5 Å². The smallest absolute Gasteiger partial charge is 0.318 e. The third-order valence-electron chi connectivity index (χ3n) is 31.6. The molecule has 6 unspecified atom stereocenters. The van der Waals surface area contributed by atoms with Gasteiger partial charge in [-0.25, -0.2) is 46.1 Å². The molecule has 12 aliphatic rings. The van der Waals surface area contributed by atoms with Crippen molar-refractivity contribution in [3.8, 4) is 18.0 Å². The first-order valence-corrected chi connectivity index (χ1v) is 50.5. The summed E-state index contributed by atoms with van der Waals surface area (Å²) in [6, 6.07) is 27.2. The maximum Gasteiger partial charge on any atom is 0.318 e. The van der Waals surface area contributed by atoms with E-state index in [4.69, 9.17) is 98.6 Å². The number of hydrogen-bond acceptors (Lipinski definition) is 21. The van der Waals surface area contributed by atoms with Crippen molar-refractivity contribution >= 4 is 119 Å². The van der Waals surface area contributed by atoms with Crippen LogP contribution >= 0.6 is 34.8 Å². The van der Waals surface area contributed by atoms with Crippen LogP contribution in [0.5, 0.6) is 18.0 Å². The monoisotopic (exact) mass is 2000 g/mol. The number of nitrogens with zero attached hydrogens (tertiary/aromatic N) is 21. The molecule has 0 bridgehead atoms. The van der Waals surface area contributed by atoms with Crippen LogP contribution < -0.4 is 43.6 Å².